The van der Waals surface area contributed by atoms with Crippen molar-refractivity contribution in [3.8, 4) is 0 Å². The van der Waals surface area contributed by atoms with Crippen molar-refractivity contribution in [1.29, 1.82) is 0 Å². The van der Waals surface area contributed by atoms with Crippen molar-refractivity contribution in [2.75, 3.05) is 0 Å². The van der Waals surface area contributed by atoms with Gasteiger partial charge >= 0.3 is 11.9 Å². The van der Waals surface area contributed by atoms with E-state index in [1.54, 1.807) is 0 Å². The van der Waals surface area contributed by atoms with Gasteiger partial charge in [-0.15, -0.1) is 0 Å². The molecule has 1 aromatic rings. The lowest BCUT2D eigenvalue weighted by Gasteiger charge is -2.39. The van der Waals surface area contributed by atoms with Crippen LogP contribution in [0.2, 0.25) is 0 Å². The number of nitrogens with zero attached hydrogens (tertiary/aromatic N) is 1. The van der Waals surface area contributed by atoms with Gasteiger partial charge in [0.1, 0.15) is 12.2 Å². The third-order valence-electron chi connectivity index (χ3n) is 7.54. The first-order chi connectivity index (χ1) is 13.0. The topological polar surface area (TPSA) is 57.5 Å². The van der Waals surface area contributed by atoms with Crippen LogP contribution in [0.15, 0.2) is 6.07 Å². The van der Waals surface area contributed by atoms with Crippen molar-refractivity contribution in [1.82, 2.24) is 4.57 Å². The lowest BCUT2D eigenvalue weighted by Crippen LogP contribution is -2.36. The molecule has 2 fully saturated rings. The summed E-state index contributed by atoms with van der Waals surface area (Å²) in [6, 6.07) is 2.26. The van der Waals surface area contributed by atoms with Gasteiger partial charge in [0.05, 0.1) is 17.5 Å². The van der Waals surface area contributed by atoms with Gasteiger partial charge in [0, 0.05) is 36.4 Å². The summed E-state index contributed by atoms with van der Waals surface area (Å²) in [6.07, 6.45) is 5.14. The zero-order valence-corrected chi connectivity index (χ0v) is 16.4. The van der Waals surface area contributed by atoms with E-state index >= 15 is 0 Å². The maximum Gasteiger partial charge on any atom is 0.309 e. The molecule has 0 aromatic carbocycles. The number of hydrogen-bond acceptors (Lipinski definition) is 4. The van der Waals surface area contributed by atoms with Crippen LogP contribution in [-0.2, 0) is 25.6 Å². The molecule has 5 rings (SSSR count). The summed E-state index contributed by atoms with van der Waals surface area (Å²) < 4.78 is 14.1. The van der Waals surface area contributed by atoms with Crippen molar-refractivity contribution < 1.29 is 19.1 Å². The summed E-state index contributed by atoms with van der Waals surface area (Å²) in [5.41, 5.74) is 3.85. The number of ether oxygens (including phenoxy) is 2. The van der Waals surface area contributed by atoms with Gasteiger partial charge in [-0.2, -0.15) is 0 Å². The van der Waals surface area contributed by atoms with E-state index in [1.807, 2.05) is 13.8 Å². The minimum absolute atomic E-state index is 0.00171. The predicted molar refractivity (Wildman–Crippen MR) is 99.2 cm³/mol. The first-order valence-corrected chi connectivity index (χ1v) is 10.7. The number of aromatic nitrogens is 1. The quantitative estimate of drug-likeness (QED) is 0.736. The molecule has 0 amide bonds. The van der Waals surface area contributed by atoms with E-state index < -0.39 is 0 Å². The van der Waals surface area contributed by atoms with Crippen LogP contribution in [0, 0.1) is 17.8 Å². The Labute approximate surface area is 160 Å². The third kappa shape index (κ3) is 2.36. The number of hydrogen-bond donors (Lipinski definition) is 0. The van der Waals surface area contributed by atoms with Crippen LogP contribution in [0.25, 0.3) is 0 Å². The lowest BCUT2D eigenvalue weighted by molar-refractivity contribution is -0.146. The molecule has 5 heteroatoms. The second kappa shape index (κ2) is 6.11. The van der Waals surface area contributed by atoms with Gasteiger partial charge in [-0.3, -0.25) is 9.59 Å². The van der Waals surface area contributed by atoms with Gasteiger partial charge in [-0.25, -0.2) is 0 Å². The van der Waals surface area contributed by atoms with E-state index in [0.29, 0.717) is 11.8 Å². The summed E-state index contributed by atoms with van der Waals surface area (Å²) in [4.78, 5) is 24.5. The van der Waals surface area contributed by atoms with Crippen LogP contribution < -0.4 is 0 Å². The lowest BCUT2D eigenvalue weighted by atomic mass is 9.66. The second-order valence-electron chi connectivity index (χ2n) is 9.01. The molecular formula is C22H29NO4. The SMILES string of the molecule is CC[C@H]1[C@@H]2OC(=O)[C@H](C)[C@H]2c2cc([C@H]3C[C@H](C)C(=O)O3)n3c2[C@H]1CCCC3. The standard InChI is InChI=1S/C22H29NO4/c1-4-13-14-7-5-6-8-23-16(17-9-11(2)21(24)26-17)10-15(19(14)23)18-12(3)22(25)27-20(13)18/h10-14,17-18,20H,4-9H2,1-3H3/t11-,12+,13+,14-,17+,18-,20-/m0/s1. The van der Waals surface area contributed by atoms with Crippen LogP contribution in [-0.4, -0.2) is 22.6 Å². The Morgan fingerprint density at radius 2 is 1.96 bits per heavy atom. The monoisotopic (exact) mass is 371 g/mol. The number of carbonyl (C=O) groups is 2. The van der Waals surface area contributed by atoms with E-state index in [1.165, 1.54) is 17.7 Å². The summed E-state index contributed by atoms with van der Waals surface area (Å²) in [5, 5.41) is 0. The molecule has 0 radical (unpaired) electrons. The minimum Gasteiger partial charge on any atom is -0.461 e. The Hall–Kier alpha value is -1.78. The molecule has 4 heterocycles. The van der Waals surface area contributed by atoms with Gasteiger partial charge in [-0.1, -0.05) is 27.2 Å². The van der Waals surface area contributed by atoms with Crippen molar-refractivity contribution in [3.63, 3.8) is 0 Å². The Kier molecular flexibility index (Phi) is 3.92. The fourth-order valence-electron chi connectivity index (χ4n) is 6.19. The van der Waals surface area contributed by atoms with Gasteiger partial charge in [0.25, 0.3) is 0 Å². The molecule has 0 spiro atoms. The Morgan fingerprint density at radius 3 is 2.67 bits per heavy atom. The molecule has 0 saturated carbocycles. The van der Waals surface area contributed by atoms with Gasteiger partial charge < -0.3 is 14.0 Å². The van der Waals surface area contributed by atoms with E-state index in [4.69, 9.17) is 9.47 Å². The molecule has 4 aliphatic rings. The fourth-order valence-corrected chi connectivity index (χ4v) is 6.19. The number of rotatable bonds is 2. The van der Waals surface area contributed by atoms with Gasteiger partial charge in [-0.05, 0) is 30.9 Å². The van der Waals surface area contributed by atoms with E-state index in [0.717, 1.165) is 37.9 Å². The smallest absolute Gasteiger partial charge is 0.309 e. The highest BCUT2D eigenvalue weighted by Gasteiger charge is 2.54. The summed E-state index contributed by atoms with van der Waals surface area (Å²) >= 11 is 0. The zero-order valence-electron chi connectivity index (χ0n) is 16.4. The molecule has 3 aliphatic heterocycles. The second-order valence-corrected chi connectivity index (χ2v) is 9.01. The third-order valence-corrected chi connectivity index (χ3v) is 7.54. The van der Waals surface area contributed by atoms with Crippen molar-refractivity contribution in [2.45, 2.75) is 83.5 Å². The maximum absolute atomic E-state index is 12.4. The molecular weight excluding hydrogens is 342 g/mol. The molecule has 7 atom stereocenters. The Balaban J connectivity index is 1.67. The maximum atomic E-state index is 12.4. The Morgan fingerprint density at radius 1 is 1.15 bits per heavy atom. The number of carbonyl (C=O) groups excluding carboxylic acids is 2. The molecule has 2 saturated heterocycles. The normalized spacial score (nSPS) is 40.2. The molecule has 1 aromatic heterocycles. The average Bonchev–Trinajstić information content (AvgIpc) is 3.20. The highest BCUT2D eigenvalue weighted by molar-refractivity contribution is 5.77. The summed E-state index contributed by atoms with van der Waals surface area (Å²) in [5.74, 6) is 0.690. The van der Waals surface area contributed by atoms with Crippen molar-refractivity contribution in [2.24, 2.45) is 17.8 Å². The van der Waals surface area contributed by atoms with Crippen LogP contribution in [0.1, 0.15) is 87.8 Å². The number of fused-ring (bicyclic) bond motifs is 2. The Bertz CT molecular complexity index is 796. The summed E-state index contributed by atoms with van der Waals surface area (Å²) in [7, 11) is 0. The number of esters is 2. The van der Waals surface area contributed by atoms with E-state index in [2.05, 4.69) is 17.6 Å². The predicted octanol–water partition coefficient (Wildman–Crippen LogP) is 4.06. The van der Waals surface area contributed by atoms with Crippen LogP contribution in [0.4, 0.5) is 0 Å². The fraction of sp³-hybridized carbons (Fsp3) is 0.727. The molecule has 0 bridgehead atoms. The van der Waals surface area contributed by atoms with E-state index in [9.17, 15) is 9.59 Å². The zero-order chi connectivity index (χ0) is 18.9. The van der Waals surface area contributed by atoms with E-state index in [-0.39, 0.29) is 41.9 Å². The molecule has 146 valence electrons. The molecule has 1 aliphatic carbocycles. The van der Waals surface area contributed by atoms with Gasteiger partial charge in [0.15, 0.2) is 0 Å². The van der Waals surface area contributed by atoms with Crippen LogP contribution >= 0.6 is 0 Å². The highest BCUT2D eigenvalue weighted by atomic mass is 16.6. The average molecular weight is 371 g/mol. The molecule has 0 unspecified atom stereocenters. The van der Waals surface area contributed by atoms with Gasteiger partial charge in [0.2, 0.25) is 0 Å². The van der Waals surface area contributed by atoms with Crippen LogP contribution in [0.3, 0.4) is 0 Å². The molecule has 27 heavy (non-hydrogen) atoms. The first-order valence-electron chi connectivity index (χ1n) is 10.7. The summed E-state index contributed by atoms with van der Waals surface area (Å²) in [6.45, 7) is 7.17. The van der Waals surface area contributed by atoms with Crippen LogP contribution in [0.5, 0.6) is 0 Å². The van der Waals surface area contributed by atoms with Crippen molar-refractivity contribution >= 4 is 11.9 Å². The largest absolute Gasteiger partial charge is 0.461 e. The first kappa shape index (κ1) is 17.3. The highest BCUT2D eigenvalue weighted by Crippen LogP contribution is 2.55. The molecule has 5 nitrogen and oxygen atoms in total. The number of cyclic esters (lactones) is 1. The van der Waals surface area contributed by atoms with Crippen molar-refractivity contribution in [3.05, 3.63) is 23.0 Å². The minimum atomic E-state index is -0.149. The molecule has 0 N–H and O–H groups in total.